The van der Waals surface area contributed by atoms with Gasteiger partial charge in [0.05, 0.1) is 17.9 Å². The molecule has 5 aromatic rings. The summed E-state index contributed by atoms with van der Waals surface area (Å²) in [5.41, 5.74) is 1.46. The van der Waals surface area contributed by atoms with Gasteiger partial charge in [0, 0.05) is 5.56 Å². The molecule has 0 unspecified atom stereocenters. The second-order valence-corrected chi connectivity index (χ2v) is 7.62. The van der Waals surface area contributed by atoms with E-state index in [2.05, 4.69) is 29.8 Å². The van der Waals surface area contributed by atoms with Crippen molar-refractivity contribution in [3.05, 3.63) is 78.1 Å². The number of ether oxygens (including phenoxy) is 1. The molecule has 1 aliphatic rings. The highest BCUT2D eigenvalue weighted by Crippen LogP contribution is 2.36. The van der Waals surface area contributed by atoms with Crippen molar-refractivity contribution in [2.45, 2.75) is 19.3 Å². The predicted molar refractivity (Wildman–Crippen MR) is 111 cm³/mol. The summed E-state index contributed by atoms with van der Waals surface area (Å²) in [7, 11) is 0. The molecule has 0 radical (unpaired) electrons. The molecule has 6 rings (SSSR count). The third-order valence-corrected chi connectivity index (χ3v) is 5.45. The van der Waals surface area contributed by atoms with Gasteiger partial charge in [-0.05, 0) is 30.3 Å². The second-order valence-electron chi connectivity index (χ2n) is 7.62. The van der Waals surface area contributed by atoms with E-state index in [1.54, 1.807) is 21.3 Å². The summed E-state index contributed by atoms with van der Waals surface area (Å²) in [5, 5.41) is 11.9. The summed E-state index contributed by atoms with van der Waals surface area (Å²) in [6.07, 6.45) is -3.39. The first-order valence-corrected chi connectivity index (χ1v) is 10.3. The molecule has 13 heteroatoms. The van der Waals surface area contributed by atoms with Gasteiger partial charge < -0.3 is 13.8 Å². The Bertz CT molecular complexity index is 1540. The van der Waals surface area contributed by atoms with Crippen LogP contribution in [0.3, 0.4) is 0 Å². The highest BCUT2D eigenvalue weighted by molar-refractivity contribution is 5.71. The van der Waals surface area contributed by atoms with E-state index in [4.69, 9.17) is 4.74 Å². The maximum atomic E-state index is 14.2. The molecule has 0 aliphatic carbocycles. The standard InChI is InChI=1S/C22H13F4N7O2/c23-12-6-7-15-14(8-12)20-30-29-17(10-34-13-4-2-1-3-5-13)32(20)9-16-18(27-11-33(15)16)19-28-21(35-31-19)22(24,25)26/h1-8,11H,9-10H2. The van der Waals surface area contributed by atoms with Gasteiger partial charge in [-0.2, -0.15) is 18.2 Å². The topological polar surface area (TPSA) is 96.7 Å². The minimum Gasteiger partial charge on any atom is -0.486 e. The number of halogens is 4. The molecule has 0 N–H and O–H groups in total. The summed E-state index contributed by atoms with van der Waals surface area (Å²) in [6, 6.07) is 13.2. The number of benzene rings is 2. The van der Waals surface area contributed by atoms with Crippen LogP contribution in [-0.2, 0) is 19.3 Å². The SMILES string of the molecule is Fc1ccc2c(c1)-c1nnc(COc3ccccc3)n1Cc1c(-c3noc(C(F)(F)F)n3)ncn1-2. The molecule has 0 fully saturated rings. The van der Waals surface area contributed by atoms with Gasteiger partial charge in [0.15, 0.2) is 11.6 Å². The Morgan fingerprint density at radius 2 is 1.89 bits per heavy atom. The number of fused-ring (bicyclic) bond motifs is 5. The van der Waals surface area contributed by atoms with Crippen LogP contribution in [0.4, 0.5) is 17.6 Å². The lowest BCUT2D eigenvalue weighted by atomic mass is 10.1. The Hall–Kier alpha value is -4.55. The van der Waals surface area contributed by atoms with E-state index in [1.165, 1.54) is 24.5 Å². The van der Waals surface area contributed by atoms with E-state index < -0.39 is 17.9 Å². The second kappa shape index (κ2) is 7.75. The van der Waals surface area contributed by atoms with Crippen LogP contribution >= 0.6 is 0 Å². The molecule has 0 bridgehead atoms. The number of imidazole rings is 1. The van der Waals surface area contributed by atoms with Crippen LogP contribution in [0.5, 0.6) is 5.75 Å². The molecule has 0 spiro atoms. The highest BCUT2D eigenvalue weighted by Gasteiger charge is 2.39. The van der Waals surface area contributed by atoms with Crippen molar-refractivity contribution in [1.82, 2.24) is 34.5 Å². The molecule has 0 atom stereocenters. The van der Waals surface area contributed by atoms with E-state index in [0.29, 0.717) is 34.3 Å². The maximum absolute atomic E-state index is 14.2. The number of alkyl halides is 3. The molecular weight excluding hydrogens is 470 g/mol. The van der Waals surface area contributed by atoms with Crippen molar-refractivity contribution in [1.29, 1.82) is 0 Å². The largest absolute Gasteiger partial charge is 0.486 e. The quantitative estimate of drug-likeness (QED) is 0.345. The fourth-order valence-electron chi connectivity index (χ4n) is 3.87. The number of nitrogens with zero attached hydrogens (tertiary/aromatic N) is 7. The zero-order valence-corrected chi connectivity index (χ0v) is 17.6. The molecule has 9 nitrogen and oxygen atoms in total. The normalized spacial score (nSPS) is 12.6. The van der Waals surface area contributed by atoms with Gasteiger partial charge in [-0.25, -0.2) is 9.37 Å². The minimum absolute atomic E-state index is 0.0472. The first-order valence-electron chi connectivity index (χ1n) is 10.3. The fourth-order valence-corrected chi connectivity index (χ4v) is 3.87. The van der Waals surface area contributed by atoms with Crippen LogP contribution in [0.25, 0.3) is 28.6 Å². The van der Waals surface area contributed by atoms with Crippen molar-refractivity contribution in [2.24, 2.45) is 0 Å². The molecule has 4 heterocycles. The van der Waals surface area contributed by atoms with Crippen LogP contribution < -0.4 is 4.74 Å². The smallest absolute Gasteiger partial charge is 0.471 e. The summed E-state index contributed by atoms with van der Waals surface area (Å²) in [4.78, 5) is 7.71. The summed E-state index contributed by atoms with van der Waals surface area (Å²) in [5.74, 6) is -0.895. The Balaban J connectivity index is 1.47. The first-order chi connectivity index (χ1) is 16.9. The van der Waals surface area contributed by atoms with E-state index in [0.717, 1.165) is 0 Å². The van der Waals surface area contributed by atoms with Gasteiger partial charge in [-0.1, -0.05) is 23.4 Å². The molecule has 1 aliphatic heterocycles. The molecule has 0 amide bonds. The lowest BCUT2D eigenvalue weighted by molar-refractivity contribution is -0.159. The van der Waals surface area contributed by atoms with Crippen LogP contribution in [0, 0.1) is 5.82 Å². The van der Waals surface area contributed by atoms with Crippen LogP contribution in [0.15, 0.2) is 59.4 Å². The van der Waals surface area contributed by atoms with Crippen LogP contribution in [0.2, 0.25) is 0 Å². The van der Waals surface area contributed by atoms with E-state index >= 15 is 0 Å². The average molecular weight is 483 g/mol. The van der Waals surface area contributed by atoms with Crippen LogP contribution in [-0.4, -0.2) is 34.5 Å². The van der Waals surface area contributed by atoms with Gasteiger partial charge in [-0.3, -0.25) is 4.57 Å². The molecular formula is C22H13F4N7O2. The minimum atomic E-state index is -4.80. The average Bonchev–Trinajstić information content (AvgIpc) is 3.56. The molecule has 2 aromatic carbocycles. The number of hydrogen-bond acceptors (Lipinski definition) is 7. The molecule has 0 saturated carbocycles. The third-order valence-electron chi connectivity index (χ3n) is 5.45. The van der Waals surface area contributed by atoms with Gasteiger partial charge in [-0.15, -0.1) is 10.2 Å². The third kappa shape index (κ3) is 3.61. The van der Waals surface area contributed by atoms with Crippen molar-refractivity contribution in [3.8, 4) is 34.3 Å². The Morgan fingerprint density at radius 1 is 1.06 bits per heavy atom. The van der Waals surface area contributed by atoms with Gasteiger partial charge >= 0.3 is 12.1 Å². The lowest BCUT2D eigenvalue weighted by Crippen LogP contribution is -2.11. The number of hydrogen-bond donors (Lipinski definition) is 0. The van der Waals surface area contributed by atoms with Crippen molar-refractivity contribution < 1.29 is 26.8 Å². The zero-order chi connectivity index (χ0) is 24.2. The molecule has 0 saturated heterocycles. The van der Waals surface area contributed by atoms with Crippen molar-refractivity contribution in [3.63, 3.8) is 0 Å². The van der Waals surface area contributed by atoms with Crippen molar-refractivity contribution in [2.75, 3.05) is 0 Å². The Labute approximate surface area is 193 Å². The van der Waals surface area contributed by atoms with Crippen LogP contribution in [0.1, 0.15) is 17.4 Å². The highest BCUT2D eigenvalue weighted by atomic mass is 19.4. The fraction of sp³-hybridized carbons (Fsp3) is 0.136. The van der Waals surface area contributed by atoms with E-state index in [9.17, 15) is 17.6 Å². The number of aromatic nitrogens is 7. The lowest BCUT2D eigenvalue weighted by Gasteiger charge is -2.10. The van der Waals surface area contributed by atoms with E-state index in [-0.39, 0.29) is 24.7 Å². The van der Waals surface area contributed by atoms with Gasteiger partial charge in [0.25, 0.3) is 0 Å². The number of para-hydroxylation sites is 1. The van der Waals surface area contributed by atoms with Gasteiger partial charge in [0.1, 0.15) is 30.2 Å². The van der Waals surface area contributed by atoms with Gasteiger partial charge in [0.2, 0.25) is 5.82 Å². The monoisotopic (exact) mass is 483 g/mol. The Morgan fingerprint density at radius 3 is 2.66 bits per heavy atom. The zero-order valence-electron chi connectivity index (χ0n) is 17.6. The maximum Gasteiger partial charge on any atom is 0.471 e. The Kier molecular flexibility index (Phi) is 4.65. The summed E-state index contributed by atoms with van der Waals surface area (Å²) < 4.78 is 66.8. The van der Waals surface area contributed by atoms with E-state index in [1.807, 2.05) is 18.2 Å². The predicted octanol–water partition coefficient (Wildman–Crippen LogP) is 4.28. The molecule has 176 valence electrons. The molecule has 3 aromatic heterocycles. The van der Waals surface area contributed by atoms with Crippen molar-refractivity contribution >= 4 is 0 Å². The first kappa shape index (κ1) is 21.0. The number of rotatable bonds is 4. The molecule has 35 heavy (non-hydrogen) atoms. The summed E-state index contributed by atoms with van der Waals surface area (Å²) in [6.45, 7) is 0.128. The summed E-state index contributed by atoms with van der Waals surface area (Å²) >= 11 is 0.